The van der Waals surface area contributed by atoms with E-state index in [1.807, 2.05) is 13.8 Å². The van der Waals surface area contributed by atoms with Crippen LogP contribution in [0, 0.1) is 6.92 Å². The number of anilines is 1. The van der Waals surface area contributed by atoms with E-state index in [-0.39, 0.29) is 11.6 Å². The number of amides is 1. The molecule has 20 heavy (non-hydrogen) atoms. The fourth-order valence-corrected chi connectivity index (χ4v) is 1.49. The molecule has 2 N–H and O–H groups in total. The van der Waals surface area contributed by atoms with Gasteiger partial charge in [-0.25, -0.2) is 9.97 Å². The number of carbonyl (C=O) groups is 1. The normalized spacial score (nSPS) is 10.1. The van der Waals surface area contributed by atoms with E-state index < -0.39 is 0 Å². The van der Waals surface area contributed by atoms with Crippen LogP contribution in [0.2, 0.25) is 0 Å². The highest BCUT2D eigenvalue weighted by molar-refractivity contribution is 5.91. The molecule has 0 saturated heterocycles. The third-order valence-corrected chi connectivity index (χ3v) is 2.51. The fraction of sp³-hybridized carbons (Fsp3) is 0.308. The summed E-state index contributed by atoms with van der Waals surface area (Å²) in [6, 6.07) is 0. The molecule has 2 rings (SSSR count). The molecule has 104 valence electrons. The minimum Gasteiger partial charge on any atom is -0.369 e. The van der Waals surface area contributed by atoms with Gasteiger partial charge in [-0.2, -0.15) is 0 Å². The Bertz CT molecular complexity index is 566. The van der Waals surface area contributed by atoms with Crippen LogP contribution in [-0.2, 0) is 6.54 Å². The number of nitrogens with zero attached hydrogens (tertiary/aromatic N) is 4. The second kappa shape index (κ2) is 6.55. The van der Waals surface area contributed by atoms with Gasteiger partial charge in [-0.15, -0.1) is 0 Å². The first kappa shape index (κ1) is 13.9. The van der Waals surface area contributed by atoms with Crippen LogP contribution in [-0.4, -0.2) is 32.4 Å². The molecule has 0 atom stereocenters. The smallest absolute Gasteiger partial charge is 0.271 e. The van der Waals surface area contributed by atoms with E-state index in [0.717, 1.165) is 12.2 Å². The van der Waals surface area contributed by atoms with Crippen molar-refractivity contribution >= 4 is 11.7 Å². The summed E-state index contributed by atoms with van der Waals surface area (Å²) < 4.78 is 0. The highest BCUT2D eigenvalue weighted by Crippen LogP contribution is 2.01. The first-order valence-corrected chi connectivity index (χ1v) is 6.30. The third-order valence-electron chi connectivity index (χ3n) is 2.51. The molecule has 7 heteroatoms. The van der Waals surface area contributed by atoms with E-state index in [2.05, 4.69) is 30.6 Å². The van der Waals surface area contributed by atoms with Gasteiger partial charge in [-0.1, -0.05) is 0 Å². The van der Waals surface area contributed by atoms with E-state index >= 15 is 0 Å². The van der Waals surface area contributed by atoms with Gasteiger partial charge >= 0.3 is 0 Å². The van der Waals surface area contributed by atoms with Gasteiger partial charge in [0, 0.05) is 12.7 Å². The van der Waals surface area contributed by atoms with Gasteiger partial charge in [-0.3, -0.25) is 14.8 Å². The number of hydrogen-bond acceptors (Lipinski definition) is 6. The second-order valence-electron chi connectivity index (χ2n) is 4.15. The Morgan fingerprint density at radius 1 is 1.10 bits per heavy atom. The van der Waals surface area contributed by atoms with Gasteiger partial charge in [-0.05, 0) is 13.8 Å². The molecule has 0 aliphatic carbocycles. The molecule has 0 spiro atoms. The minimum atomic E-state index is -0.289. The van der Waals surface area contributed by atoms with Gasteiger partial charge in [0.1, 0.15) is 11.5 Å². The van der Waals surface area contributed by atoms with Crippen molar-refractivity contribution in [1.29, 1.82) is 0 Å². The zero-order chi connectivity index (χ0) is 14.4. The van der Waals surface area contributed by atoms with Gasteiger partial charge in [0.15, 0.2) is 0 Å². The van der Waals surface area contributed by atoms with Crippen LogP contribution in [0.5, 0.6) is 0 Å². The van der Waals surface area contributed by atoms with Gasteiger partial charge in [0.2, 0.25) is 0 Å². The molecule has 0 aliphatic rings. The van der Waals surface area contributed by atoms with Gasteiger partial charge < -0.3 is 10.6 Å². The maximum absolute atomic E-state index is 11.9. The molecule has 0 aromatic carbocycles. The SMILES string of the molecule is CCNc1cnc(C(=O)NCc2cnc(C)cn2)cn1. The Labute approximate surface area is 116 Å². The first-order chi connectivity index (χ1) is 9.69. The molecule has 0 fully saturated rings. The summed E-state index contributed by atoms with van der Waals surface area (Å²) in [5, 5.41) is 5.74. The summed E-state index contributed by atoms with van der Waals surface area (Å²) in [5.41, 5.74) is 1.80. The summed E-state index contributed by atoms with van der Waals surface area (Å²) in [4.78, 5) is 28.3. The number of hydrogen-bond donors (Lipinski definition) is 2. The van der Waals surface area contributed by atoms with Crippen LogP contribution in [0.1, 0.15) is 28.8 Å². The Kier molecular flexibility index (Phi) is 4.54. The fourth-order valence-electron chi connectivity index (χ4n) is 1.49. The molecule has 2 heterocycles. The van der Waals surface area contributed by atoms with E-state index in [1.165, 1.54) is 12.4 Å². The summed E-state index contributed by atoms with van der Waals surface area (Å²) in [6.07, 6.45) is 6.26. The lowest BCUT2D eigenvalue weighted by Crippen LogP contribution is -2.24. The summed E-state index contributed by atoms with van der Waals surface area (Å²) >= 11 is 0. The van der Waals surface area contributed by atoms with Crippen molar-refractivity contribution in [2.45, 2.75) is 20.4 Å². The Morgan fingerprint density at radius 3 is 2.55 bits per heavy atom. The molecule has 1 amide bonds. The molecule has 0 saturated carbocycles. The van der Waals surface area contributed by atoms with Gasteiger partial charge in [0.05, 0.1) is 36.5 Å². The largest absolute Gasteiger partial charge is 0.369 e. The highest BCUT2D eigenvalue weighted by atomic mass is 16.1. The average molecular weight is 272 g/mol. The summed E-state index contributed by atoms with van der Waals surface area (Å²) in [7, 11) is 0. The van der Waals surface area contributed by atoms with Crippen molar-refractivity contribution < 1.29 is 4.79 Å². The highest BCUT2D eigenvalue weighted by Gasteiger charge is 2.08. The standard InChI is InChI=1S/C13H16N6O/c1-3-14-12-8-17-11(7-18-12)13(20)19-6-10-5-15-9(2)4-16-10/h4-5,7-8H,3,6H2,1-2H3,(H,14,18)(H,19,20). The van der Waals surface area contributed by atoms with Crippen molar-refractivity contribution in [3.8, 4) is 0 Å². The average Bonchev–Trinajstić information content (AvgIpc) is 2.47. The Hall–Kier alpha value is -2.57. The van der Waals surface area contributed by atoms with E-state index in [9.17, 15) is 4.79 Å². The van der Waals surface area contributed by atoms with E-state index in [4.69, 9.17) is 0 Å². The van der Waals surface area contributed by atoms with Crippen molar-refractivity contribution in [2.24, 2.45) is 0 Å². The topological polar surface area (TPSA) is 92.7 Å². The molecule has 2 aromatic rings. The minimum absolute atomic E-state index is 0.270. The Balaban J connectivity index is 1.92. The van der Waals surface area contributed by atoms with Gasteiger partial charge in [0.25, 0.3) is 5.91 Å². The van der Waals surface area contributed by atoms with Crippen molar-refractivity contribution in [1.82, 2.24) is 25.3 Å². The first-order valence-electron chi connectivity index (χ1n) is 6.30. The monoisotopic (exact) mass is 272 g/mol. The number of aryl methyl sites for hydroxylation is 1. The summed E-state index contributed by atoms with van der Waals surface area (Å²) in [6.45, 7) is 4.89. The molecule has 2 aromatic heterocycles. The molecular weight excluding hydrogens is 256 g/mol. The van der Waals surface area contributed by atoms with Crippen LogP contribution in [0.15, 0.2) is 24.8 Å². The number of carbonyl (C=O) groups excluding carboxylic acids is 1. The zero-order valence-electron chi connectivity index (χ0n) is 11.4. The van der Waals surface area contributed by atoms with Crippen LogP contribution in [0.4, 0.5) is 5.82 Å². The van der Waals surface area contributed by atoms with Crippen LogP contribution >= 0.6 is 0 Å². The molecule has 0 bridgehead atoms. The van der Waals surface area contributed by atoms with Crippen molar-refractivity contribution in [2.75, 3.05) is 11.9 Å². The lowest BCUT2D eigenvalue weighted by molar-refractivity contribution is 0.0945. The lowest BCUT2D eigenvalue weighted by Gasteiger charge is -2.05. The predicted molar refractivity (Wildman–Crippen MR) is 74.1 cm³/mol. The zero-order valence-corrected chi connectivity index (χ0v) is 11.4. The predicted octanol–water partition coefficient (Wildman–Crippen LogP) is 0.937. The van der Waals surface area contributed by atoms with Crippen LogP contribution in [0.3, 0.4) is 0 Å². The van der Waals surface area contributed by atoms with Crippen molar-refractivity contribution in [3.63, 3.8) is 0 Å². The van der Waals surface area contributed by atoms with E-state index in [1.54, 1.807) is 12.4 Å². The van der Waals surface area contributed by atoms with E-state index in [0.29, 0.717) is 18.1 Å². The Morgan fingerprint density at radius 2 is 1.95 bits per heavy atom. The van der Waals surface area contributed by atoms with Crippen LogP contribution in [0.25, 0.3) is 0 Å². The number of nitrogens with one attached hydrogen (secondary N) is 2. The lowest BCUT2D eigenvalue weighted by atomic mass is 10.3. The molecule has 0 aliphatic heterocycles. The molecule has 0 unspecified atom stereocenters. The summed E-state index contributed by atoms with van der Waals surface area (Å²) in [5.74, 6) is 0.358. The maximum atomic E-state index is 11.9. The molecule has 7 nitrogen and oxygen atoms in total. The number of rotatable bonds is 5. The quantitative estimate of drug-likeness (QED) is 0.841. The third kappa shape index (κ3) is 3.71. The van der Waals surface area contributed by atoms with Crippen LogP contribution < -0.4 is 10.6 Å². The molecular formula is C13H16N6O. The maximum Gasteiger partial charge on any atom is 0.271 e. The second-order valence-corrected chi connectivity index (χ2v) is 4.15. The van der Waals surface area contributed by atoms with Crippen molar-refractivity contribution in [3.05, 3.63) is 41.9 Å². The molecule has 0 radical (unpaired) electrons. The number of aromatic nitrogens is 4.